The fraction of sp³-hybridized carbons (Fsp3) is 0.425. The zero-order chi connectivity index (χ0) is 60.3. The monoisotopic (exact) mass is 1190 g/mol. The molecule has 4 N–H and O–H groups in total. The summed E-state index contributed by atoms with van der Waals surface area (Å²) in [5.74, 6) is 1.29. The first-order chi connectivity index (χ1) is 40.7. The molecule has 0 heterocycles. The van der Waals surface area contributed by atoms with Gasteiger partial charge in [0.05, 0.1) is 21.2 Å². The zero-order valence-electron chi connectivity index (χ0n) is 49.6. The maximum atomic E-state index is 13.2. The van der Waals surface area contributed by atoms with Gasteiger partial charge < -0.3 is 29.9 Å². The summed E-state index contributed by atoms with van der Waals surface area (Å²) >= 11 is 14.1. The minimum Gasteiger partial charge on any atom is -0.486 e. The number of carbonyl (C=O) groups is 4. The van der Waals surface area contributed by atoms with Crippen LogP contribution in [0, 0.1) is 58.2 Å². The number of carboxylic acids is 4. The molecule has 4 aliphatic rings. The van der Waals surface area contributed by atoms with Crippen molar-refractivity contribution in [2.24, 2.45) is 58.2 Å². The predicted octanol–water partition coefficient (Wildman–Crippen LogP) is 19.2. The van der Waals surface area contributed by atoms with Crippen LogP contribution in [0.25, 0.3) is 27.8 Å². The Hall–Kier alpha value is -6.88. The molecule has 0 aliphatic heterocycles. The predicted molar refractivity (Wildman–Crippen MR) is 336 cm³/mol. The van der Waals surface area contributed by atoms with Crippen molar-refractivity contribution in [3.05, 3.63) is 182 Å². The van der Waals surface area contributed by atoms with Crippen molar-refractivity contribution in [1.29, 1.82) is 0 Å². The van der Waals surface area contributed by atoms with Crippen LogP contribution in [0.15, 0.2) is 127 Å². The summed E-state index contributed by atoms with van der Waals surface area (Å²) in [7, 11) is 0. The molecular weight excluding hydrogens is 1110 g/mol. The van der Waals surface area contributed by atoms with E-state index < -0.39 is 23.9 Å². The van der Waals surface area contributed by atoms with E-state index in [9.17, 15) is 39.6 Å². The second-order valence-electron chi connectivity index (χ2n) is 26.0. The summed E-state index contributed by atoms with van der Waals surface area (Å²) in [6.07, 6.45) is 19.3. The molecule has 4 aliphatic carbocycles. The van der Waals surface area contributed by atoms with Crippen LogP contribution < -0.4 is 9.47 Å². The van der Waals surface area contributed by atoms with E-state index in [2.05, 4.69) is 40.7 Å². The van der Waals surface area contributed by atoms with Crippen molar-refractivity contribution >= 4 is 52.7 Å². The van der Waals surface area contributed by atoms with Crippen LogP contribution in [0.3, 0.4) is 0 Å². The van der Waals surface area contributed by atoms with Gasteiger partial charge in [0, 0.05) is 0 Å². The highest BCUT2D eigenvalue weighted by Crippen LogP contribution is 2.69. The van der Waals surface area contributed by atoms with E-state index in [1.807, 2.05) is 0 Å². The molecule has 4 fully saturated rings. The first-order valence-electron chi connectivity index (χ1n) is 30.7. The Morgan fingerprint density at radius 1 is 0.576 bits per heavy atom. The molecule has 0 aromatic heterocycles. The number of benzene rings is 6. The molecule has 10 nitrogen and oxygen atoms in total. The molecule has 6 aromatic carbocycles. The number of carboxylic acid groups (broad SMARTS) is 4. The number of hydrogen-bond acceptors (Lipinski definition) is 6. The van der Waals surface area contributed by atoms with Gasteiger partial charge >= 0.3 is 23.9 Å². The van der Waals surface area contributed by atoms with Crippen molar-refractivity contribution in [2.45, 2.75) is 138 Å². The van der Waals surface area contributed by atoms with Gasteiger partial charge in [0.1, 0.15) is 24.3 Å². The molecule has 9 atom stereocenters. The van der Waals surface area contributed by atoms with Crippen LogP contribution in [0.1, 0.15) is 188 Å². The van der Waals surface area contributed by atoms with Gasteiger partial charge in [-0.3, -0.25) is 0 Å². The quantitative estimate of drug-likeness (QED) is 0.0514. The molecule has 0 saturated heterocycles. The Labute approximate surface area is 510 Å². The summed E-state index contributed by atoms with van der Waals surface area (Å²) in [6, 6.07) is 34.1. The molecule has 0 radical (unpaired) electrons. The molecule has 12 heteroatoms. The second kappa shape index (κ2) is 26.0. The third kappa shape index (κ3) is 13.0. The number of aromatic carboxylic acids is 4. The molecule has 0 bridgehead atoms. The number of hydrogen-bond donors (Lipinski definition) is 4. The topological polar surface area (TPSA) is 168 Å². The van der Waals surface area contributed by atoms with Crippen molar-refractivity contribution < 1.29 is 49.1 Å². The van der Waals surface area contributed by atoms with Crippen molar-refractivity contribution in [3.63, 3.8) is 0 Å². The van der Waals surface area contributed by atoms with E-state index in [4.69, 9.17) is 32.7 Å². The van der Waals surface area contributed by atoms with E-state index in [0.717, 1.165) is 48.3 Å². The lowest BCUT2D eigenvalue weighted by molar-refractivity contribution is -0.121. The van der Waals surface area contributed by atoms with Crippen LogP contribution in [-0.2, 0) is 13.2 Å². The average Bonchev–Trinajstić information content (AvgIpc) is 2.53. The van der Waals surface area contributed by atoms with E-state index in [-0.39, 0.29) is 57.0 Å². The fourth-order valence-corrected chi connectivity index (χ4v) is 16.9. The first-order valence-corrected chi connectivity index (χ1v) is 31.4. The largest absolute Gasteiger partial charge is 0.486 e. The highest BCUT2D eigenvalue weighted by Gasteiger charge is 2.60. The normalized spacial score (nSPS) is 23.7. The van der Waals surface area contributed by atoms with Crippen LogP contribution in [0.5, 0.6) is 11.5 Å². The molecular formula is C73H80Cl2O10. The Kier molecular flexibility index (Phi) is 18.7. The minimum absolute atomic E-state index is 0.0355. The van der Waals surface area contributed by atoms with Gasteiger partial charge in [0.15, 0.2) is 11.5 Å². The highest BCUT2D eigenvalue weighted by molar-refractivity contribution is 6.33. The van der Waals surface area contributed by atoms with E-state index >= 15 is 0 Å². The summed E-state index contributed by atoms with van der Waals surface area (Å²) in [5, 5.41) is 41.2. The Morgan fingerprint density at radius 2 is 1.07 bits per heavy atom. The second-order valence-corrected chi connectivity index (χ2v) is 26.8. The SMILES string of the molecule is CC(C)CCCC(C)[C@H]1CC[C@H]2[C@@H]3CCC4C[C@@H](CCC=C(c5cc(Cl)c(OCc6ccc(-c7ccccc7C(=O)O)cc6)c(C(=O)O)c5)c5cc(Cl)c(OCc6ccc(-c7ccccc7C(=O)O)cc6)c(C(=O)O)c5)CC[C@]4(C)[C@H]3CC[C@]12C. The number of halogens is 2. The Bertz CT molecular complexity index is 3300. The average molecular weight is 1190 g/mol. The number of allylic oxidation sites excluding steroid dienone is 1. The summed E-state index contributed by atoms with van der Waals surface area (Å²) in [5.41, 5.74) is 6.14. The Balaban J connectivity index is 0.896. The van der Waals surface area contributed by atoms with Gasteiger partial charge in [-0.05, 0) is 215 Å². The van der Waals surface area contributed by atoms with Crippen molar-refractivity contribution in [1.82, 2.24) is 0 Å². The highest BCUT2D eigenvalue weighted by atomic mass is 35.5. The maximum Gasteiger partial charge on any atom is 0.339 e. The van der Waals surface area contributed by atoms with E-state index in [1.54, 1.807) is 109 Å². The summed E-state index contributed by atoms with van der Waals surface area (Å²) < 4.78 is 12.4. The van der Waals surface area contributed by atoms with E-state index in [0.29, 0.717) is 79.2 Å². The van der Waals surface area contributed by atoms with Gasteiger partial charge in [0.2, 0.25) is 0 Å². The van der Waals surface area contributed by atoms with Crippen LogP contribution >= 0.6 is 23.2 Å². The zero-order valence-corrected chi connectivity index (χ0v) is 51.1. The smallest absolute Gasteiger partial charge is 0.339 e. The van der Waals surface area contributed by atoms with Gasteiger partial charge in [-0.1, -0.05) is 168 Å². The molecule has 0 spiro atoms. The maximum absolute atomic E-state index is 13.2. The molecule has 0 amide bonds. The molecule has 2 unspecified atom stereocenters. The Morgan fingerprint density at radius 3 is 1.58 bits per heavy atom. The van der Waals surface area contributed by atoms with Crippen molar-refractivity contribution in [2.75, 3.05) is 0 Å². The lowest BCUT2D eigenvalue weighted by Gasteiger charge is -2.61. The lowest BCUT2D eigenvalue weighted by Crippen LogP contribution is -2.53. The summed E-state index contributed by atoms with van der Waals surface area (Å²) in [6.45, 7) is 12.5. The molecule has 10 rings (SSSR count). The first kappa shape index (κ1) is 61.2. The van der Waals surface area contributed by atoms with Crippen LogP contribution in [-0.4, -0.2) is 44.3 Å². The van der Waals surface area contributed by atoms with Gasteiger partial charge in [0.25, 0.3) is 0 Å². The number of rotatable bonds is 22. The third-order valence-electron chi connectivity index (χ3n) is 20.7. The van der Waals surface area contributed by atoms with Crippen LogP contribution in [0.2, 0.25) is 10.0 Å². The van der Waals surface area contributed by atoms with Crippen molar-refractivity contribution in [3.8, 4) is 33.8 Å². The van der Waals surface area contributed by atoms with Crippen LogP contribution in [0.4, 0.5) is 0 Å². The standard InChI is InChI=1S/C73H80Cl2O10/c1-43(2)12-10-13-44(3)61-30-31-62-58-29-28-52-36-45(32-34-72(52,4)63(58)33-35-73(61,62)5)14-11-19-53(50-37-59(70(80)81)66(64(74)39-50)84-41-46-20-24-48(25-21-46)54-15-6-8-17-56(54)68(76)77)51-38-60(71(82)83)67(65(75)40-51)85-42-47-22-26-49(27-23-47)55-16-7-9-18-57(55)69(78)79/h6-9,15-27,37-40,43-45,52,58,61-63H,10-14,28-36,41-42H2,1-5H3,(H,76,77)(H,78,79)(H,80,81)(H,82,83)/t44?,45-,52?,58-,61+,62-,63-,72-,73+/m0/s1. The molecule has 6 aromatic rings. The number of fused-ring (bicyclic) bond motifs is 5. The third-order valence-corrected chi connectivity index (χ3v) is 21.2. The van der Waals surface area contributed by atoms with Gasteiger partial charge in [-0.25, -0.2) is 19.2 Å². The van der Waals surface area contributed by atoms with Gasteiger partial charge in [-0.2, -0.15) is 0 Å². The van der Waals surface area contributed by atoms with Gasteiger partial charge in [-0.15, -0.1) is 0 Å². The molecule has 85 heavy (non-hydrogen) atoms. The number of ether oxygens (including phenoxy) is 2. The summed E-state index contributed by atoms with van der Waals surface area (Å²) in [4.78, 5) is 50.3. The molecule has 4 saturated carbocycles. The minimum atomic E-state index is -1.27. The fourth-order valence-electron chi connectivity index (χ4n) is 16.3. The molecule has 446 valence electrons. The van der Waals surface area contributed by atoms with E-state index in [1.165, 1.54) is 82.8 Å². The lowest BCUT2D eigenvalue weighted by atomic mass is 9.44.